The fourth-order valence-electron chi connectivity index (χ4n) is 3.22. The van der Waals surface area contributed by atoms with Crippen LogP contribution >= 0.6 is 11.8 Å². The van der Waals surface area contributed by atoms with Gasteiger partial charge in [-0.15, -0.1) is 0 Å². The lowest BCUT2D eigenvalue weighted by Gasteiger charge is -2.28. The molecule has 34 heavy (non-hydrogen) atoms. The Morgan fingerprint density at radius 1 is 1.09 bits per heavy atom. The van der Waals surface area contributed by atoms with Gasteiger partial charge in [0.2, 0.25) is 17.7 Å². The summed E-state index contributed by atoms with van der Waals surface area (Å²) >= 11 is 1.52. The van der Waals surface area contributed by atoms with Crippen LogP contribution < -0.4 is 21.7 Å². The highest BCUT2D eigenvalue weighted by atomic mass is 32.2. The Kier molecular flexibility index (Phi) is 12.7. The van der Waals surface area contributed by atoms with E-state index < -0.39 is 47.9 Å². The summed E-state index contributed by atoms with van der Waals surface area (Å²) in [5.74, 6) is -2.73. The van der Waals surface area contributed by atoms with Crippen LogP contribution in [-0.2, 0) is 25.6 Å². The smallest absolute Gasteiger partial charge is 0.326 e. The lowest BCUT2D eigenvalue weighted by molar-refractivity contribution is -0.144. The number of aromatic nitrogens is 2. The lowest BCUT2D eigenvalue weighted by atomic mass is 9.96. The van der Waals surface area contributed by atoms with E-state index in [9.17, 15) is 24.3 Å². The van der Waals surface area contributed by atoms with Gasteiger partial charge in [-0.05, 0) is 30.3 Å². The van der Waals surface area contributed by atoms with E-state index in [0.29, 0.717) is 24.3 Å². The molecule has 0 saturated heterocycles. The minimum Gasteiger partial charge on any atom is -0.480 e. The SMILES string of the molecule is CCC(C)C(NC(=O)C(CCSC)NC(=O)C(N)Cc1cnc[nH]1)C(=O)NC(C(=O)O)C(C)C. The van der Waals surface area contributed by atoms with Crippen LogP contribution in [0, 0.1) is 11.8 Å². The molecule has 0 aliphatic heterocycles. The van der Waals surface area contributed by atoms with Crippen molar-refractivity contribution in [2.75, 3.05) is 12.0 Å². The maximum absolute atomic E-state index is 13.1. The van der Waals surface area contributed by atoms with Gasteiger partial charge >= 0.3 is 5.97 Å². The van der Waals surface area contributed by atoms with Gasteiger partial charge in [0.05, 0.1) is 12.4 Å². The van der Waals surface area contributed by atoms with Crippen LogP contribution in [0.15, 0.2) is 12.5 Å². The monoisotopic (exact) mass is 498 g/mol. The van der Waals surface area contributed by atoms with E-state index >= 15 is 0 Å². The molecule has 0 aliphatic rings. The maximum atomic E-state index is 13.1. The number of carboxylic acid groups (broad SMARTS) is 1. The summed E-state index contributed by atoms with van der Waals surface area (Å²) in [4.78, 5) is 57.0. The largest absolute Gasteiger partial charge is 0.480 e. The Bertz CT molecular complexity index is 804. The number of hydrogen-bond donors (Lipinski definition) is 6. The molecule has 0 fully saturated rings. The Morgan fingerprint density at radius 2 is 1.74 bits per heavy atom. The van der Waals surface area contributed by atoms with Gasteiger partial charge in [0.15, 0.2) is 0 Å². The first-order valence-corrected chi connectivity index (χ1v) is 12.8. The number of carboxylic acids is 1. The fourth-order valence-corrected chi connectivity index (χ4v) is 3.69. The molecule has 0 saturated carbocycles. The molecule has 5 atom stereocenters. The summed E-state index contributed by atoms with van der Waals surface area (Å²) < 4.78 is 0. The molecule has 0 spiro atoms. The minimum absolute atomic E-state index is 0.229. The molecule has 1 aromatic rings. The predicted octanol–water partition coefficient (Wildman–Crippen LogP) is 0.274. The van der Waals surface area contributed by atoms with E-state index in [1.54, 1.807) is 27.0 Å². The highest BCUT2D eigenvalue weighted by Gasteiger charge is 2.33. The van der Waals surface area contributed by atoms with Crippen molar-refractivity contribution >= 4 is 35.5 Å². The van der Waals surface area contributed by atoms with Crippen molar-refractivity contribution in [2.45, 2.75) is 71.1 Å². The normalized spacial score (nSPS) is 15.6. The summed E-state index contributed by atoms with van der Waals surface area (Å²) in [6, 6.07) is -3.82. The third-order valence-corrected chi connectivity index (χ3v) is 6.24. The molecule has 7 N–H and O–H groups in total. The van der Waals surface area contributed by atoms with Crippen molar-refractivity contribution in [3.05, 3.63) is 18.2 Å². The molecule has 5 unspecified atom stereocenters. The zero-order valence-corrected chi connectivity index (χ0v) is 21.3. The summed E-state index contributed by atoms with van der Waals surface area (Å²) in [5, 5.41) is 17.4. The number of carbonyl (C=O) groups excluding carboxylic acids is 3. The Hall–Kier alpha value is -2.60. The zero-order valence-electron chi connectivity index (χ0n) is 20.5. The number of carbonyl (C=O) groups is 4. The number of H-pyrrole nitrogens is 1. The molecule has 1 rings (SSSR count). The number of nitrogens with one attached hydrogen (secondary N) is 4. The van der Waals surface area contributed by atoms with Crippen LogP contribution in [0.1, 0.15) is 46.2 Å². The summed E-state index contributed by atoms with van der Waals surface area (Å²) in [6.45, 7) is 7.05. The first-order chi connectivity index (χ1) is 16.0. The van der Waals surface area contributed by atoms with Gasteiger partial charge in [0.1, 0.15) is 18.1 Å². The van der Waals surface area contributed by atoms with E-state index in [1.165, 1.54) is 18.1 Å². The average molecular weight is 499 g/mol. The van der Waals surface area contributed by atoms with E-state index in [2.05, 4.69) is 25.9 Å². The predicted molar refractivity (Wildman–Crippen MR) is 131 cm³/mol. The van der Waals surface area contributed by atoms with Gasteiger partial charge < -0.3 is 31.8 Å². The van der Waals surface area contributed by atoms with E-state index in [-0.39, 0.29) is 18.3 Å². The third kappa shape index (κ3) is 9.34. The number of imidazole rings is 1. The third-order valence-electron chi connectivity index (χ3n) is 5.60. The van der Waals surface area contributed by atoms with Crippen molar-refractivity contribution < 1.29 is 24.3 Å². The second-order valence-electron chi connectivity index (χ2n) is 8.67. The van der Waals surface area contributed by atoms with Crippen LogP contribution in [0.5, 0.6) is 0 Å². The van der Waals surface area contributed by atoms with Crippen molar-refractivity contribution in [1.29, 1.82) is 0 Å². The van der Waals surface area contributed by atoms with Gasteiger partial charge in [0, 0.05) is 18.3 Å². The van der Waals surface area contributed by atoms with Crippen molar-refractivity contribution in [2.24, 2.45) is 17.6 Å². The molecule has 3 amide bonds. The Balaban J connectivity index is 2.94. The van der Waals surface area contributed by atoms with Crippen molar-refractivity contribution in [1.82, 2.24) is 25.9 Å². The summed E-state index contributed by atoms with van der Waals surface area (Å²) in [6.07, 6.45) is 6.09. The fraction of sp³-hybridized carbons (Fsp3) is 0.682. The molecule has 12 heteroatoms. The molecule has 0 radical (unpaired) electrons. The highest BCUT2D eigenvalue weighted by molar-refractivity contribution is 7.98. The van der Waals surface area contributed by atoms with Gasteiger partial charge in [-0.2, -0.15) is 11.8 Å². The average Bonchev–Trinajstić information content (AvgIpc) is 3.29. The second-order valence-corrected chi connectivity index (χ2v) is 9.66. The quantitative estimate of drug-likeness (QED) is 0.199. The minimum atomic E-state index is -1.14. The maximum Gasteiger partial charge on any atom is 0.326 e. The van der Waals surface area contributed by atoms with Gasteiger partial charge in [0.25, 0.3) is 0 Å². The second kappa shape index (κ2) is 14.6. The van der Waals surface area contributed by atoms with E-state index in [4.69, 9.17) is 5.73 Å². The molecule has 0 aromatic carbocycles. The number of amides is 3. The first kappa shape index (κ1) is 29.4. The first-order valence-electron chi connectivity index (χ1n) is 11.4. The number of aliphatic carboxylic acids is 1. The standard InChI is InChI=1S/C22H38N6O5S/c1-6-13(4)18(21(31)27-17(12(2)3)22(32)33)28-20(30)16(7-8-34-5)26-19(29)15(23)9-14-10-24-11-25-14/h10-13,15-18H,6-9,23H2,1-5H3,(H,24,25)(H,26,29)(H,27,31)(H,28,30)(H,32,33). The van der Waals surface area contributed by atoms with Gasteiger partial charge in [-0.25, -0.2) is 9.78 Å². The molecule has 1 heterocycles. The highest BCUT2D eigenvalue weighted by Crippen LogP contribution is 2.12. The number of aromatic amines is 1. The van der Waals surface area contributed by atoms with Crippen LogP contribution in [0.3, 0.4) is 0 Å². The van der Waals surface area contributed by atoms with Crippen LogP contribution in [-0.4, -0.2) is 74.9 Å². The Morgan fingerprint density at radius 3 is 2.24 bits per heavy atom. The van der Waals surface area contributed by atoms with Gasteiger partial charge in [-0.1, -0.05) is 34.1 Å². The van der Waals surface area contributed by atoms with Crippen molar-refractivity contribution in [3.8, 4) is 0 Å². The summed E-state index contributed by atoms with van der Waals surface area (Å²) in [5.41, 5.74) is 6.69. The van der Waals surface area contributed by atoms with Crippen LogP contribution in [0.2, 0.25) is 0 Å². The van der Waals surface area contributed by atoms with Crippen LogP contribution in [0.25, 0.3) is 0 Å². The lowest BCUT2D eigenvalue weighted by Crippen LogP contribution is -2.59. The molecular weight excluding hydrogens is 460 g/mol. The molecule has 11 nitrogen and oxygen atoms in total. The molecular formula is C22H38N6O5S. The van der Waals surface area contributed by atoms with Crippen LogP contribution in [0.4, 0.5) is 0 Å². The number of hydrogen-bond acceptors (Lipinski definition) is 7. The number of rotatable bonds is 15. The molecule has 0 aliphatic carbocycles. The zero-order chi connectivity index (χ0) is 25.8. The van der Waals surface area contributed by atoms with Crippen molar-refractivity contribution in [3.63, 3.8) is 0 Å². The number of thioether (sulfide) groups is 1. The molecule has 192 valence electrons. The molecule has 1 aromatic heterocycles. The Labute approximate surface area is 204 Å². The summed E-state index contributed by atoms with van der Waals surface area (Å²) in [7, 11) is 0. The number of nitrogens with two attached hydrogens (primary N) is 1. The van der Waals surface area contributed by atoms with E-state index in [1.807, 2.05) is 13.2 Å². The number of nitrogens with zero attached hydrogens (tertiary/aromatic N) is 1. The van der Waals surface area contributed by atoms with E-state index in [0.717, 1.165) is 0 Å². The van der Waals surface area contributed by atoms with Gasteiger partial charge in [-0.3, -0.25) is 14.4 Å². The molecule has 0 bridgehead atoms. The topological polar surface area (TPSA) is 179 Å².